The van der Waals surface area contributed by atoms with Crippen molar-refractivity contribution in [2.45, 2.75) is 13.5 Å². The van der Waals surface area contributed by atoms with Crippen molar-refractivity contribution < 1.29 is 14.4 Å². The second-order valence-corrected chi connectivity index (χ2v) is 4.09. The van der Waals surface area contributed by atoms with Crippen LogP contribution in [0, 0.1) is 0 Å². The Morgan fingerprint density at radius 3 is 2.20 bits per heavy atom. The van der Waals surface area contributed by atoms with Crippen LogP contribution in [0.4, 0.5) is 10.5 Å². The van der Waals surface area contributed by atoms with Gasteiger partial charge in [0.05, 0.1) is 12.3 Å². The molecule has 0 bridgehead atoms. The minimum absolute atomic E-state index is 0.300. The number of hydroxylamine groups is 1. The van der Waals surface area contributed by atoms with Gasteiger partial charge < -0.3 is 4.74 Å². The van der Waals surface area contributed by atoms with Crippen LogP contribution in [0.2, 0.25) is 0 Å². The summed E-state index contributed by atoms with van der Waals surface area (Å²) in [6, 6.07) is 18.8. The van der Waals surface area contributed by atoms with Gasteiger partial charge in [-0.15, -0.1) is 0 Å². The molecule has 0 radical (unpaired) electrons. The van der Waals surface area contributed by atoms with Crippen molar-refractivity contribution in [1.29, 1.82) is 0 Å². The third-order valence-electron chi connectivity index (χ3n) is 2.63. The molecule has 0 saturated carbocycles. The van der Waals surface area contributed by atoms with E-state index in [1.807, 2.05) is 48.5 Å². The van der Waals surface area contributed by atoms with E-state index in [1.54, 1.807) is 19.1 Å². The highest BCUT2D eigenvalue weighted by atomic mass is 16.7. The Labute approximate surface area is 118 Å². The van der Waals surface area contributed by atoms with E-state index in [0.717, 1.165) is 5.56 Å². The molecule has 0 unspecified atom stereocenters. The molecule has 2 aromatic rings. The summed E-state index contributed by atoms with van der Waals surface area (Å²) in [6.45, 7) is 2.36. The second-order valence-electron chi connectivity index (χ2n) is 4.09. The SMILES string of the molecule is CCOC(=O)N(OCc1ccccc1)c1ccccc1. The predicted molar refractivity (Wildman–Crippen MR) is 77.2 cm³/mol. The lowest BCUT2D eigenvalue weighted by molar-refractivity contribution is 0.0692. The first-order valence-corrected chi connectivity index (χ1v) is 6.50. The van der Waals surface area contributed by atoms with Crippen LogP contribution in [0.25, 0.3) is 0 Å². The van der Waals surface area contributed by atoms with Crippen molar-refractivity contribution in [2.24, 2.45) is 0 Å². The molecule has 4 nitrogen and oxygen atoms in total. The molecule has 4 heteroatoms. The van der Waals surface area contributed by atoms with Gasteiger partial charge in [0.25, 0.3) is 0 Å². The molecule has 0 atom stereocenters. The summed E-state index contributed by atoms with van der Waals surface area (Å²) in [4.78, 5) is 17.5. The number of hydrogen-bond donors (Lipinski definition) is 0. The monoisotopic (exact) mass is 271 g/mol. The number of para-hydroxylation sites is 1. The summed E-state index contributed by atoms with van der Waals surface area (Å²) < 4.78 is 5.01. The maximum Gasteiger partial charge on any atom is 0.438 e. The van der Waals surface area contributed by atoms with Crippen LogP contribution in [-0.4, -0.2) is 12.7 Å². The first kappa shape index (κ1) is 14.1. The maximum absolute atomic E-state index is 11.9. The largest absolute Gasteiger partial charge is 0.448 e. The number of rotatable bonds is 5. The molecule has 0 aliphatic carbocycles. The predicted octanol–water partition coefficient (Wildman–Crippen LogP) is 3.78. The third kappa shape index (κ3) is 3.83. The Morgan fingerprint density at radius 1 is 1.00 bits per heavy atom. The molecule has 20 heavy (non-hydrogen) atoms. The highest BCUT2D eigenvalue weighted by Crippen LogP contribution is 2.16. The number of nitrogens with zero attached hydrogens (tertiary/aromatic N) is 1. The summed E-state index contributed by atoms with van der Waals surface area (Å²) in [5.41, 5.74) is 1.62. The Hall–Kier alpha value is -2.33. The van der Waals surface area contributed by atoms with Gasteiger partial charge in [0, 0.05) is 0 Å². The molecule has 0 aliphatic heterocycles. The molecule has 0 spiro atoms. The van der Waals surface area contributed by atoms with Crippen molar-refractivity contribution in [3.63, 3.8) is 0 Å². The van der Waals surface area contributed by atoms with Gasteiger partial charge >= 0.3 is 6.09 Å². The summed E-state index contributed by atoms with van der Waals surface area (Å²) >= 11 is 0. The fourth-order valence-corrected chi connectivity index (χ4v) is 1.69. The van der Waals surface area contributed by atoms with Gasteiger partial charge in [-0.3, -0.25) is 4.84 Å². The number of ether oxygens (including phenoxy) is 1. The van der Waals surface area contributed by atoms with Crippen molar-refractivity contribution in [3.8, 4) is 0 Å². The molecule has 0 aromatic heterocycles. The first-order valence-electron chi connectivity index (χ1n) is 6.50. The smallest absolute Gasteiger partial charge is 0.438 e. The molecule has 0 aliphatic rings. The van der Waals surface area contributed by atoms with E-state index < -0.39 is 6.09 Å². The van der Waals surface area contributed by atoms with Crippen molar-refractivity contribution >= 4 is 11.8 Å². The van der Waals surface area contributed by atoms with E-state index in [2.05, 4.69) is 0 Å². The van der Waals surface area contributed by atoms with Gasteiger partial charge in [-0.05, 0) is 24.6 Å². The molecular weight excluding hydrogens is 254 g/mol. The fourth-order valence-electron chi connectivity index (χ4n) is 1.69. The van der Waals surface area contributed by atoms with Gasteiger partial charge in [0.2, 0.25) is 0 Å². The van der Waals surface area contributed by atoms with Crippen LogP contribution in [0.5, 0.6) is 0 Å². The Kier molecular flexibility index (Phi) is 5.15. The molecular formula is C16H17NO3. The Bertz CT molecular complexity index is 528. The molecule has 104 valence electrons. The average molecular weight is 271 g/mol. The first-order chi connectivity index (χ1) is 9.81. The summed E-state index contributed by atoms with van der Waals surface area (Å²) in [5, 5.41) is 1.18. The number of carbonyl (C=O) groups is 1. The number of amides is 1. The van der Waals surface area contributed by atoms with Gasteiger partial charge in [0.1, 0.15) is 6.61 Å². The molecule has 1 amide bonds. The van der Waals surface area contributed by atoms with Crippen LogP contribution in [-0.2, 0) is 16.2 Å². The van der Waals surface area contributed by atoms with Crippen LogP contribution < -0.4 is 5.06 Å². The van der Waals surface area contributed by atoms with E-state index in [4.69, 9.17) is 9.57 Å². The summed E-state index contributed by atoms with van der Waals surface area (Å²) in [7, 11) is 0. The number of benzene rings is 2. The van der Waals surface area contributed by atoms with E-state index >= 15 is 0 Å². The van der Waals surface area contributed by atoms with Gasteiger partial charge in [0.15, 0.2) is 0 Å². The van der Waals surface area contributed by atoms with E-state index in [-0.39, 0.29) is 0 Å². The molecule has 0 N–H and O–H groups in total. The van der Waals surface area contributed by atoms with Crippen molar-refractivity contribution in [2.75, 3.05) is 11.7 Å². The third-order valence-corrected chi connectivity index (χ3v) is 2.63. The fraction of sp³-hybridized carbons (Fsp3) is 0.188. The second kappa shape index (κ2) is 7.31. The molecule has 2 rings (SSSR count). The number of hydrogen-bond acceptors (Lipinski definition) is 3. The number of carbonyl (C=O) groups excluding carboxylic acids is 1. The van der Waals surface area contributed by atoms with Crippen molar-refractivity contribution in [3.05, 3.63) is 66.2 Å². The highest BCUT2D eigenvalue weighted by Gasteiger charge is 2.17. The Balaban J connectivity index is 2.09. The van der Waals surface area contributed by atoms with E-state index in [0.29, 0.717) is 18.9 Å². The molecule has 2 aromatic carbocycles. The standard InChI is InChI=1S/C16H17NO3/c1-2-19-16(18)17(15-11-7-4-8-12-15)20-13-14-9-5-3-6-10-14/h3-12H,2,13H2,1H3. The van der Waals surface area contributed by atoms with E-state index in [1.165, 1.54) is 5.06 Å². The zero-order chi connectivity index (χ0) is 14.2. The zero-order valence-electron chi connectivity index (χ0n) is 11.4. The molecule has 0 fully saturated rings. The topological polar surface area (TPSA) is 38.8 Å². The summed E-state index contributed by atoms with van der Waals surface area (Å²) in [6.07, 6.45) is -0.519. The van der Waals surface area contributed by atoms with E-state index in [9.17, 15) is 4.79 Å². The van der Waals surface area contributed by atoms with Gasteiger partial charge in [-0.1, -0.05) is 48.5 Å². The summed E-state index contributed by atoms with van der Waals surface area (Å²) in [5.74, 6) is 0. The van der Waals surface area contributed by atoms with Crippen LogP contribution in [0.15, 0.2) is 60.7 Å². The Morgan fingerprint density at radius 2 is 1.60 bits per heavy atom. The zero-order valence-corrected chi connectivity index (χ0v) is 11.4. The quantitative estimate of drug-likeness (QED) is 0.777. The van der Waals surface area contributed by atoms with Crippen LogP contribution in [0.1, 0.15) is 12.5 Å². The minimum atomic E-state index is -0.519. The van der Waals surface area contributed by atoms with Crippen LogP contribution >= 0.6 is 0 Å². The molecule has 0 heterocycles. The van der Waals surface area contributed by atoms with Gasteiger partial charge in [-0.2, -0.15) is 5.06 Å². The molecule has 0 saturated heterocycles. The minimum Gasteiger partial charge on any atom is -0.448 e. The highest BCUT2D eigenvalue weighted by molar-refractivity contribution is 5.85. The van der Waals surface area contributed by atoms with Crippen molar-refractivity contribution in [1.82, 2.24) is 0 Å². The lowest BCUT2D eigenvalue weighted by Crippen LogP contribution is -2.31. The maximum atomic E-state index is 11.9. The number of anilines is 1. The van der Waals surface area contributed by atoms with Crippen LogP contribution in [0.3, 0.4) is 0 Å². The van der Waals surface area contributed by atoms with Gasteiger partial charge in [-0.25, -0.2) is 4.79 Å². The lowest BCUT2D eigenvalue weighted by Gasteiger charge is -2.21. The lowest BCUT2D eigenvalue weighted by atomic mass is 10.2. The normalized spacial score (nSPS) is 10.1. The average Bonchev–Trinajstić information content (AvgIpc) is 2.50.